The van der Waals surface area contributed by atoms with Crippen molar-refractivity contribution in [3.8, 4) is 0 Å². The predicted molar refractivity (Wildman–Crippen MR) is 124 cm³/mol. The van der Waals surface area contributed by atoms with Crippen LogP contribution in [0.5, 0.6) is 0 Å². The number of hydrogen-bond donors (Lipinski definition) is 3. The molecule has 0 bridgehead atoms. The van der Waals surface area contributed by atoms with Crippen molar-refractivity contribution < 1.29 is 9.59 Å². The molecule has 2 saturated heterocycles. The monoisotopic (exact) mass is 426 g/mol. The Morgan fingerprint density at radius 2 is 1.68 bits per heavy atom. The number of piperidine rings is 2. The largest absolute Gasteiger partial charge is 0.371 e. The van der Waals surface area contributed by atoms with E-state index in [2.05, 4.69) is 40.7 Å². The van der Waals surface area contributed by atoms with Crippen molar-refractivity contribution in [1.82, 2.24) is 10.6 Å². The van der Waals surface area contributed by atoms with Crippen LogP contribution in [0.4, 0.5) is 5.69 Å². The normalized spacial score (nSPS) is 27.9. The molecule has 4 rings (SSSR count). The van der Waals surface area contributed by atoms with Crippen LogP contribution in [0.15, 0.2) is 18.2 Å². The van der Waals surface area contributed by atoms with Gasteiger partial charge in [-0.3, -0.25) is 14.9 Å². The minimum Gasteiger partial charge on any atom is -0.371 e. The standard InChI is InChI=1S/C25H38N4O2/c1-17-14-20(22-7-9-24(30)28-25(22)31)4-8-23(17)29-12-10-19(11-13-29)16-27-15-18-2-5-21(26)6-3-18/h4,8,14,18-19,21-22,27H,2-3,5-7,9-13,15-16,26H2,1H3,(H,28,30,31). The first-order chi connectivity index (χ1) is 15.0. The maximum Gasteiger partial charge on any atom is 0.234 e. The van der Waals surface area contributed by atoms with Gasteiger partial charge >= 0.3 is 0 Å². The smallest absolute Gasteiger partial charge is 0.234 e. The fraction of sp³-hybridized carbons (Fsp3) is 0.680. The Labute approximate surface area is 186 Å². The lowest BCUT2D eigenvalue weighted by Crippen LogP contribution is -2.40. The molecule has 6 heteroatoms. The molecule has 1 aromatic rings. The summed E-state index contributed by atoms with van der Waals surface area (Å²) < 4.78 is 0. The summed E-state index contributed by atoms with van der Waals surface area (Å²) in [7, 11) is 0. The molecule has 170 valence electrons. The maximum atomic E-state index is 12.2. The fourth-order valence-electron chi connectivity index (χ4n) is 5.52. The molecule has 3 aliphatic rings. The molecule has 2 aliphatic heterocycles. The van der Waals surface area contributed by atoms with Crippen LogP contribution in [-0.4, -0.2) is 44.0 Å². The summed E-state index contributed by atoms with van der Waals surface area (Å²) in [6, 6.07) is 6.81. The van der Waals surface area contributed by atoms with E-state index in [9.17, 15) is 9.59 Å². The molecule has 1 atom stereocenters. The van der Waals surface area contributed by atoms with Crippen molar-refractivity contribution in [2.75, 3.05) is 31.1 Å². The van der Waals surface area contributed by atoms with Gasteiger partial charge in [0.25, 0.3) is 0 Å². The summed E-state index contributed by atoms with van der Waals surface area (Å²) in [4.78, 5) is 26.1. The van der Waals surface area contributed by atoms with E-state index in [-0.39, 0.29) is 17.7 Å². The Morgan fingerprint density at radius 3 is 2.32 bits per heavy atom. The third-order valence-corrected chi connectivity index (χ3v) is 7.58. The summed E-state index contributed by atoms with van der Waals surface area (Å²) in [5, 5.41) is 6.21. The second kappa shape index (κ2) is 10.1. The van der Waals surface area contributed by atoms with Crippen molar-refractivity contribution >= 4 is 17.5 Å². The first-order valence-corrected chi connectivity index (χ1v) is 12.1. The van der Waals surface area contributed by atoms with Gasteiger partial charge in [-0.2, -0.15) is 0 Å². The maximum absolute atomic E-state index is 12.2. The number of imide groups is 1. The summed E-state index contributed by atoms with van der Waals surface area (Å²) in [5.74, 6) is 1.04. The van der Waals surface area contributed by atoms with Gasteiger partial charge in [0.15, 0.2) is 0 Å². The first-order valence-electron chi connectivity index (χ1n) is 12.1. The summed E-state index contributed by atoms with van der Waals surface area (Å²) >= 11 is 0. The third-order valence-electron chi connectivity index (χ3n) is 7.58. The van der Waals surface area contributed by atoms with Crippen LogP contribution in [0.25, 0.3) is 0 Å². The van der Waals surface area contributed by atoms with E-state index < -0.39 is 0 Å². The van der Waals surface area contributed by atoms with Crippen molar-refractivity contribution in [2.24, 2.45) is 17.6 Å². The predicted octanol–water partition coefficient (Wildman–Crippen LogP) is 2.84. The van der Waals surface area contributed by atoms with Gasteiger partial charge in [0.05, 0.1) is 5.92 Å². The number of benzene rings is 1. The number of nitrogens with zero attached hydrogens (tertiary/aromatic N) is 1. The Balaban J connectivity index is 1.24. The van der Waals surface area contributed by atoms with E-state index in [0.29, 0.717) is 18.9 Å². The lowest BCUT2D eigenvalue weighted by Gasteiger charge is -2.35. The lowest BCUT2D eigenvalue weighted by atomic mass is 9.86. The SMILES string of the molecule is Cc1cc(C2CCC(=O)NC2=O)ccc1N1CCC(CNCC2CCC(N)CC2)CC1. The molecule has 0 spiro atoms. The summed E-state index contributed by atoms with van der Waals surface area (Å²) in [6.07, 6.45) is 8.40. The van der Waals surface area contributed by atoms with Crippen molar-refractivity contribution in [3.63, 3.8) is 0 Å². The third kappa shape index (κ3) is 5.66. The molecule has 1 aromatic carbocycles. The highest BCUT2D eigenvalue weighted by atomic mass is 16.2. The number of nitrogens with one attached hydrogen (secondary N) is 2. The second-order valence-electron chi connectivity index (χ2n) is 9.92. The number of amides is 2. The van der Waals surface area contributed by atoms with Gasteiger partial charge in [-0.25, -0.2) is 0 Å². The second-order valence-corrected chi connectivity index (χ2v) is 9.92. The molecule has 0 aromatic heterocycles. The van der Waals surface area contributed by atoms with Crippen molar-refractivity contribution in [3.05, 3.63) is 29.3 Å². The molecule has 2 amide bonds. The average molecular weight is 427 g/mol. The van der Waals surface area contributed by atoms with E-state index in [0.717, 1.165) is 43.6 Å². The number of carbonyl (C=O) groups is 2. The molecule has 0 radical (unpaired) electrons. The van der Waals surface area contributed by atoms with Gasteiger partial charge in [-0.1, -0.05) is 12.1 Å². The van der Waals surface area contributed by atoms with E-state index >= 15 is 0 Å². The first kappa shape index (κ1) is 22.3. The van der Waals surface area contributed by atoms with Crippen LogP contribution >= 0.6 is 0 Å². The number of anilines is 1. The molecule has 1 saturated carbocycles. The van der Waals surface area contributed by atoms with Gasteiger partial charge in [-0.15, -0.1) is 0 Å². The fourth-order valence-corrected chi connectivity index (χ4v) is 5.52. The number of rotatable bonds is 6. The average Bonchev–Trinajstić information content (AvgIpc) is 2.76. The van der Waals surface area contributed by atoms with Crippen LogP contribution in [-0.2, 0) is 9.59 Å². The molecule has 2 heterocycles. The van der Waals surface area contributed by atoms with E-state index in [1.807, 2.05) is 0 Å². The summed E-state index contributed by atoms with van der Waals surface area (Å²) in [6.45, 7) is 6.58. The topological polar surface area (TPSA) is 87.5 Å². The van der Waals surface area contributed by atoms with E-state index in [1.165, 1.54) is 49.8 Å². The minimum absolute atomic E-state index is 0.158. The van der Waals surface area contributed by atoms with Gasteiger partial charge < -0.3 is 16.0 Å². The quantitative estimate of drug-likeness (QED) is 0.609. The van der Waals surface area contributed by atoms with Gasteiger partial charge in [0.2, 0.25) is 11.8 Å². The minimum atomic E-state index is -0.206. The number of nitrogens with two attached hydrogens (primary N) is 1. The zero-order chi connectivity index (χ0) is 21.8. The zero-order valence-corrected chi connectivity index (χ0v) is 18.9. The molecule has 31 heavy (non-hydrogen) atoms. The Kier molecular flexibility index (Phi) is 7.28. The van der Waals surface area contributed by atoms with Crippen LogP contribution < -0.4 is 21.3 Å². The molecule has 1 unspecified atom stereocenters. The highest BCUT2D eigenvalue weighted by Crippen LogP contribution is 2.31. The van der Waals surface area contributed by atoms with Crippen LogP contribution in [0.2, 0.25) is 0 Å². The highest BCUT2D eigenvalue weighted by molar-refractivity contribution is 6.01. The number of hydrogen-bond acceptors (Lipinski definition) is 5. The van der Waals surface area contributed by atoms with Gasteiger partial charge in [-0.05, 0) is 94.0 Å². The Hall–Kier alpha value is -1.92. The highest BCUT2D eigenvalue weighted by Gasteiger charge is 2.29. The molecule has 6 nitrogen and oxygen atoms in total. The number of aryl methyl sites for hydroxylation is 1. The number of carbonyl (C=O) groups excluding carboxylic acids is 2. The lowest BCUT2D eigenvalue weighted by molar-refractivity contribution is -0.134. The molecule has 1 aliphatic carbocycles. The molecule has 4 N–H and O–H groups in total. The van der Waals surface area contributed by atoms with E-state index in [4.69, 9.17) is 5.73 Å². The van der Waals surface area contributed by atoms with Crippen LogP contribution in [0.3, 0.4) is 0 Å². The van der Waals surface area contributed by atoms with E-state index in [1.54, 1.807) is 0 Å². The van der Waals surface area contributed by atoms with Crippen molar-refractivity contribution in [1.29, 1.82) is 0 Å². The molecule has 3 fully saturated rings. The van der Waals surface area contributed by atoms with Crippen molar-refractivity contribution in [2.45, 2.75) is 70.3 Å². The van der Waals surface area contributed by atoms with Crippen LogP contribution in [0.1, 0.15) is 68.4 Å². The Morgan fingerprint density at radius 1 is 1.00 bits per heavy atom. The molecular formula is C25H38N4O2. The van der Waals surface area contributed by atoms with Gasteiger partial charge in [0.1, 0.15) is 0 Å². The zero-order valence-electron chi connectivity index (χ0n) is 18.9. The summed E-state index contributed by atoms with van der Waals surface area (Å²) in [5.41, 5.74) is 9.53. The van der Waals surface area contributed by atoms with Gasteiger partial charge in [0, 0.05) is 31.2 Å². The molecular weight excluding hydrogens is 388 g/mol. The Bertz CT molecular complexity index is 780. The van der Waals surface area contributed by atoms with Crippen LogP contribution in [0, 0.1) is 18.8 Å².